The average molecular weight is 412 g/mol. The Morgan fingerprint density at radius 2 is 1.81 bits per heavy atom. The minimum absolute atomic E-state index is 0.502. The van der Waals surface area contributed by atoms with Gasteiger partial charge in [0.1, 0.15) is 0 Å². The van der Waals surface area contributed by atoms with Gasteiger partial charge in [-0.1, -0.05) is 41.7 Å². The van der Waals surface area contributed by atoms with E-state index in [0.29, 0.717) is 27.3 Å². The molecule has 1 aromatic heterocycles. The predicted molar refractivity (Wildman–Crippen MR) is 93.8 cm³/mol. The standard InChI is InChI=1S/C14H15BrCl3N3/c1-3-11-13(15)12(21(4-2)20-11)7-19-14-9(17)5-8(16)6-10(14)18/h5-6,19H,3-4,7H2,1-2H3. The van der Waals surface area contributed by atoms with Crippen molar-refractivity contribution in [2.24, 2.45) is 0 Å². The summed E-state index contributed by atoms with van der Waals surface area (Å²) in [6, 6.07) is 3.34. The number of halogens is 4. The second-order valence-electron chi connectivity index (χ2n) is 4.47. The summed E-state index contributed by atoms with van der Waals surface area (Å²) < 4.78 is 2.99. The van der Waals surface area contributed by atoms with Crippen LogP contribution in [-0.4, -0.2) is 9.78 Å². The third-order valence-corrected chi connectivity index (χ3v) is 4.86. The first kappa shape index (κ1) is 16.9. The van der Waals surface area contributed by atoms with Crippen LogP contribution in [0.1, 0.15) is 25.2 Å². The van der Waals surface area contributed by atoms with E-state index in [2.05, 4.69) is 40.2 Å². The van der Waals surface area contributed by atoms with Gasteiger partial charge in [-0.15, -0.1) is 0 Å². The Morgan fingerprint density at radius 3 is 2.33 bits per heavy atom. The Morgan fingerprint density at radius 1 is 1.19 bits per heavy atom. The molecule has 0 atom stereocenters. The van der Waals surface area contributed by atoms with Gasteiger partial charge >= 0.3 is 0 Å². The summed E-state index contributed by atoms with van der Waals surface area (Å²) >= 11 is 21.9. The van der Waals surface area contributed by atoms with E-state index in [1.54, 1.807) is 12.1 Å². The highest BCUT2D eigenvalue weighted by Gasteiger charge is 2.15. The van der Waals surface area contributed by atoms with Crippen LogP contribution in [0.15, 0.2) is 16.6 Å². The highest BCUT2D eigenvalue weighted by Crippen LogP contribution is 2.34. The van der Waals surface area contributed by atoms with Gasteiger partial charge in [0.25, 0.3) is 0 Å². The first-order valence-electron chi connectivity index (χ1n) is 6.60. The summed E-state index contributed by atoms with van der Waals surface area (Å²) in [7, 11) is 0. The van der Waals surface area contributed by atoms with E-state index in [1.165, 1.54) is 0 Å². The van der Waals surface area contributed by atoms with Crippen LogP contribution >= 0.6 is 50.7 Å². The maximum absolute atomic E-state index is 6.18. The van der Waals surface area contributed by atoms with Crippen molar-refractivity contribution in [1.82, 2.24) is 9.78 Å². The molecule has 1 heterocycles. The zero-order chi connectivity index (χ0) is 15.6. The van der Waals surface area contributed by atoms with Crippen LogP contribution in [0.5, 0.6) is 0 Å². The monoisotopic (exact) mass is 409 g/mol. The van der Waals surface area contributed by atoms with Crippen LogP contribution in [-0.2, 0) is 19.5 Å². The Kier molecular flexibility index (Phi) is 5.83. The minimum Gasteiger partial charge on any atom is -0.377 e. The quantitative estimate of drug-likeness (QED) is 0.674. The summed E-state index contributed by atoms with van der Waals surface area (Å²) in [4.78, 5) is 0. The van der Waals surface area contributed by atoms with E-state index < -0.39 is 0 Å². The first-order chi connectivity index (χ1) is 9.97. The second-order valence-corrected chi connectivity index (χ2v) is 6.52. The van der Waals surface area contributed by atoms with Gasteiger partial charge in [-0.25, -0.2) is 0 Å². The summed E-state index contributed by atoms with van der Waals surface area (Å²) in [5.74, 6) is 0. The molecule has 0 radical (unpaired) electrons. The number of aromatic nitrogens is 2. The van der Waals surface area contributed by atoms with Crippen LogP contribution in [0.2, 0.25) is 15.1 Å². The number of hydrogen-bond acceptors (Lipinski definition) is 2. The van der Waals surface area contributed by atoms with Crippen LogP contribution in [0.25, 0.3) is 0 Å². The summed E-state index contributed by atoms with van der Waals surface area (Å²) in [6.07, 6.45) is 0.878. The van der Waals surface area contributed by atoms with Crippen molar-refractivity contribution < 1.29 is 0 Å². The number of anilines is 1. The molecule has 2 rings (SSSR count). The molecule has 114 valence electrons. The van der Waals surface area contributed by atoms with E-state index in [-0.39, 0.29) is 0 Å². The fraction of sp³-hybridized carbons (Fsp3) is 0.357. The molecule has 2 aromatic rings. The van der Waals surface area contributed by atoms with Crippen molar-refractivity contribution in [2.75, 3.05) is 5.32 Å². The molecule has 0 spiro atoms. The molecule has 0 fully saturated rings. The van der Waals surface area contributed by atoms with Crippen LogP contribution < -0.4 is 5.32 Å². The zero-order valence-electron chi connectivity index (χ0n) is 11.7. The van der Waals surface area contributed by atoms with Crippen molar-refractivity contribution in [3.63, 3.8) is 0 Å². The van der Waals surface area contributed by atoms with Gasteiger partial charge in [-0.05, 0) is 41.4 Å². The second kappa shape index (κ2) is 7.23. The lowest BCUT2D eigenvalue weighted by atomic mass is 10.2. The fourth-order valence-electron chi connectivity index (χ4n) is 2.07. The van der Waals surface area contributed by atoms with Crippen molar-refractivity contribution in [3.05, 3.63) is 43.1 Å². The number of hydrogen-bond donors (Lipinski definition) is 1. The fourth-order valence-corrected chi connectivity index (χ4v) is 3.72. The molecule has 3 nitrogen and oxygen atoms in total. The molecule has 0 saturated heterocycles. The number of rotatable bonds is 5. The number of nitrogens with one attached hydrogen (secondary N) is 1. The molecular formula is C14H15BrCl3N3. The Bertz CT molecular complexity index is 632. The molecule has 1 N–H and O–H groups in total. The van der Waals surface area contributed by atoms with Gasteiger partial charge in [0.05, 0.1) is 38.1 Å². The van der Waals surface area contributed by atoms with E-state index >= 15 is 0 Å². The van der Waals surface area contributed by atoms with E-state index in [9.17, 15) is 0 Å². The lowest BCUT2D eigenvalue weighted by Gasteiger charge is -2.12. The van der Waals surface area contributed by atoms with Crippen LogP contribution in [0.4, 0.5) is 5.69 Å². The lowest BCUT2D eigenvalue weighted by Crippen LogP contribution is -2.09. The number of aryl methyl sites for hydroxylation is 2. The van der Waals surface area contributed by atoms with Gasteiger partial charge < -0.3 is 5.32 Å². The maximum atomic E-state index is 6.18. The van der Waals surface area contributed by atoms with E-state index in [4.69, 9.17) is 34.8 Å². The summed E-state index contributed by atoms with van der Waals surface area (Å²) in [6.45, 7) is 5.52. The molecule has 0 amide bonds. The molecule has 0 unspecified atom stereocenters. The van der Waals surface area contributed by atoms with Gasteiger partial charge in [0.2, 0.25) is 0 Å². The number of benzene rings is 1. The largest absolute Gasteiger partial charge is 0.377 e. The third-order valence-electron chi connectivity index (χ3n) is 3.13. The van der Waals surface area contributed by atoms with Crippen molar-refractivity contribution in [2.45, 2.75) is 33.4 Å². The van der Waals surface area contributed by atoms with E-state index in [1.807, 2.05) is 4.68 Å². The van der Waals surface area contributed by atoms with Gasteiger partial charge in [0.15, 0.2) is 0 Å². The topological polar surface area (TPSA) is 29.9 Å². The normalized spacial score (nSPS) is 11.0. The number of nitrogens with zero attached hydrogens (tertiary/aromatic N) is 2. The molecule has 0 aliphatic carbocycles. The SMILES string of the molecule is CCc1nn(CC)c(CNc2c(Cl)cc(Cl)cc2Cl)c1Br. The van der Waals surface area contributed by atoms with Gasteiger partial charge in [-0.3, -0.25) is 4.68 Å². The Hall–Kier alpha value is -0.420. The maximum Gasteiger partial charge on any atom is 0.0767 e. The van der Waals surface area contributed by atoms with Crippen molar-refractivity contribution in [3.8, 4) is 0 Å². The summed E-state index contributed by atoms with van der Waals surface area (Å²) in [5.41, 5.74) is 2.79. The predicted octanol–water partition coefficient (Wildman–Crippen LogP) is 5.80. The molecule has 21 heavy (non-hydrogen) atoms. The van der Waals surface area contributed by atoms with Crippen molar-refractivity contribution >= 4 is 56.4 Å². The molecule has 0 bridgehead atoms. The molecule has 1 aromatic carbocycles. The van der Waals surface area contributed by atoms with Crippen LogP contribution in [0.3, 0.4) is 0 Å². The minimum atomic E-state index is 0.502. The Balaban J connectivity index is 2.26. The Labute approximate surface area is 147 Å². The lowest BCUT2D eigenvalue weighted by molar-refractivity contribution is 0.619. The van der Waals surface area contributed by atoms with Gasteiger partial charge in [-0.2, -0.15) is 5.10 Å². The molecule has 0 aliphatic heterocycles. The molecule has 0 saturated carbocycles. The highest BCUT2D eigenvalue weighted by atomic mass is 79.9. The molecule has 0 aliphatic rings. The van der Waals surface area contributed by atoms with Crippen LogP contribution in [0, 0.1) is 0 Å². The van der Waals surface area contributed by atoms with Crippen molar-refractivity contribution in [1.29, 1.82) is 0 Å². The molecular weight excluding hydrogens is 396 g/mol. The highest BCUT2D eigenvalue weighted by molar-refractivity contribution is 9.10. The van der Waals surface area contributed by atoms with E-state index in [0.717, 1.165) is 28.8 Å². The third kappa shape index (κ3) is 3.67. The smallest absolute Gasteiger partial charge is 0.0767 e. The first-order valence-corrected chi connectivity index (χ1v) is 8.53. The van der Waals surface area contributed by atoms with Gasteiger partial charge in [0, 0.05) is 11.6 Å². The average Bonchev–Trinajstić information content (AvgIpc) is 2.73. The summed E-state index contributed by atoms with van der Waals surface area (Å²) in [5, 5.41) is 9.35. The zero-order valence-corrected chi connectivity index (χ0v) is 15.5. The molecule has 7 heteroatoms.